The molecular formula is C24H34O2. The quantitative estimate of drug-likeness (QED) is 0.578. The Labute approximate surface area is 158 Å². The van der Waals surface area contributed by atoms with Crippen molar-refractivity contribution in [2.75, 3.05) is 6.61 Å². The predicted octanol–water partition coefficient (Wildman–Crippen LogP) is 5.54. The molecule has 0 aromatic rings. The highest BCUT2D eigenvalue weighted by Gasteiger charge is 2.60. The van der Waals surface area contributed by atoms with Gasteiger partial charge in [-0.15, -0.1) is 0 Å². The van der Waals surface area contributed by atoms with E-state index in [2.05, 4.69) is 38.2 Å². The van der Waals surface area contributed by atoms with Gasteiger partial charge in [-0.05, 0) is 91.3 Å². The molecule has 4 aliphatic carbocycles. The van der Waals surface area contributed by atoms with Crippen LogP contribution in [0.4, 0.5) is 0 Å². The first kappa shape index (κ1) is 17.1. The van der Waals surface area contributed by atoms with Crippen molar-refractivity contribution >= 4 is 5.97 Å². The average molecular weight is 355 g/mol. The minimum Gasteiger partial charge on any atom is -0.465 e. The van der Waals surface area contributed by atoms with Gasteiger partial charge in [-0.25, -0.2) is 0 Å². The summed E-state index contributed by atoms with van der Waals surface area (Å²) in [5, 5.41) is 0. The molecule has 8 atom stereocenters. The fourth-order valence-electron chi connectivity index (χ4n) is 8.22. The predicted molar refractivity (Wildman–Crippen MR) is 103 cm³/mol. The van der Waals surface area contributed by atoms with Gasteiger partial charge < -0.3 is 4.74 Å². The van der Waals surface area contributed by atoms with Crippen LogP contribution in [0.25, 0.3) is 0 Å². The van der Waals surface area contributed by atoms with E-state index in [1.807, 2.05) is 0 Å². The molecule has 2 nitrogen and oxygen atoms in total. The van der Waals surface area contributed by atoms with Crippen LogP contribution in [-0.2, 0) is 9.53 Å². The van der Waals surface area contributed by atoms with Crippen molar-refractivity contribution in [3.63, 3.8) is 0 Å². The molecule has 0 aromatic carbocycles. The first-order valence-electron chi connectivity index (χ1n) is 11.0. The van der Waals surface area contributed by atoms with Crippen molar-refractivity contribution < 1.29 is 9.53 Å². The van der Waals surface area contributed by atoms with Crippen LogP contribution in [0.1, 0.15) is 65.2 Å². The zero-order valence-corrected chi connectivity index (χ0v) is 16.5. The van der Waals surface area contributed by atoms with Gasteiger partial charge in [0.05, 0.1) is 6.61 Å². The molecule has 1 unspecified atom stereocenters. The molecule has 4 fully saturated rings. The summed E-state index contributed by atoms with van der Waals surface area (Å²) >= 11 is 0. The van der Waals surface area contributed by atoms with Gasteiger partial charge in [0.2, 0.25) is 0 Å². The molecular weight excluding hydrogens is 320 g/mol. The minimum atomic E-state index is 0.0213. The van der Waals surface area contributed by atoms with Crippen LogP contribution in [-0.4, -0.2) is 12.6 Å². The summed E-state index contributed by atoms with van der Waals surface area (Å²) in [6.07, 6.45) is 19.7. The highest BCUT2D eigenvalue weighted by atomic mass is 16.5. The second-order valence-corrected chi connectivity index (χ2v) is 10.4. The molecule has 1 aliphatic heterocycles. The van der Waals surface area contributed by atoms with Crippen LogP contribution in [0.2, 0.25) is 0 Å². The van der Waals surface area contributed by atoms with E-state index in [1.165, 1.54) is 38.5 Å². The van der Waals surface area contributed by atoms with Gasteiger partial charge in [0.1, 0.15) is 0 Å². The van der Waals surface area contributed by atoms with Crippen LogP contribution < -0.4 is 0 Å². The maximum Gasteiger partial charge on any atom is 0.305 e. The molecule has 0 aromatic heterocycles. The van der Waals surface area contributed by atoms with Crippen LogP contribution in [0.3, 0.4) is 0 Å². The van der Waals surface area contributed by atoms with E-state index in [4.69, 9.17) is 4.74 Å². The molecule has 0 N–H and O–H groups in total. The number of cyclic esters (lactones) is 1. The number of hydrogen-bond donors (Lipinski definition) is 0. The van der Waals surface area contributed by atoms with E-state index in [0.29, 0.717) is 29.8 Å². The number of hydrogen-bond acceptors (Lipinski definition) is 2. The lowest BCUT2D eigenvalue weighted by Crippen LogP contribution is -2.52. The fraction of sp³-hybridized carbons (Fsp3) is 0.792. The smallest absolute Gasteiger partial charge is 0.305 e. The van der Waals surface area contributed by atoms with Gasteiger partial charge in [0.25, 0.3) is 0 Å². The third kappa shape index (κ3) is 2.33. The number of allylic oxidation sites excluding steroid dienone is 4. The summed E-state index contributed by atoms with van der Waals surface area (Å²) in [5.41, 5.74) is 0.866. The lowest BCUT2D eigenvalue weighted by Gasteiger charge is -2.59. The van der Waals surface area contributed by atoms with Gasteiger partial charge in [-0.3, -0.25) is 4.79 Å². The molecule has 0 spiro atoms. The van der Waals surface area contributed by atoms with Crippen LogP contribution in [0.15, 0.2) is 24.3 Å². The first-order chi connectivity index (χ1) is 12.5. The van der Waals surface area contributed by atoms with Gasteiger partial charge in [0.15, 0.2) is 0 Å². The molecule has 1 saturated heterocycles. The Hall–Kier alpha value is -1.05. The first-order valence-corrected chi connectivity index (χ1v) is 11.0. The normalized spacial score (nSPS) is 52.8. The fourth-order valence-corrected chi connectivity index (χ4v) is 8.22. The number of rotatable bonds is 1. The van der Waals surface area contributed by atoms with E-state index in [-0.39, 0.29) is 5.97 Å². The van der Waals surface area contributed by atoms with Crippen molar-refractivity contribution in [2.45, 2.75) is 65.2 Å². The van der Waals surface area contributed by atoms with Gasteiger partial charge in [0, 0.05) is 6.42 Å². The molecule has 1 heterocycles. The molecule has 0 amide bonds. The Morgan fingerprint density at radius 1 is 0.962 bits per heavy atom. The standard InChI is InChI=1S/C24H34O2/c1-23-13-4-3-5-17(23)7-8-18-20-10-9-19(16-6-11-22(25)26-15-16)24(20,2)14-12-21(18)23/h3-5,13,16-21H,6-12,14-15H2,1-2H3/t16-,17?,18-,19+,20+,21-,23-,24+/m0/s1. The Morgan fingerprint density at radius 2 is 1.81 bits per heavy atom. The summed E-state index contributed by atoms with van der Waals surface area (Å²) < 4.78 is 5.47. The van der Waals surface area contributed by atoms with Crippen LogP contribution in [0, 0.1) is 46.3 Å². The number of ether oxygens (including phenoxy) is 1. The summed E-state index contributed by atoms with van der Waals surface area (Å²) in [4.78, 5) is 11.5. The van der Waals surface area contributed by atoms with E-state index in [9.17, 15) is 4.79 Å². The third-order valence-corrected chi connectivity index (χ3v) is 9.58. The third-order valence-electron chi connectivity index (χ3n) is 9.58. The number of carbonyl (C=O) groups excluding carboxylic acids is 1. The highest BCUT2D eigenvalue weighted by molar-refractivity contribution is 5.70. The molecule has 5 aliphatic rings. The van der Waals surface area contributed by atoms with Gasteiger partial charge in [-0.1, -0.05) is 38.2 Å². The summed E-state index contributed by atoms with van der Waals surface area (Å²) in [7, 11) is 0. The van der Waals surface area contributed by atoms with Crippen molar-refractivity contribution in [1.82, 2.24) is 0 Å². The minimum absolute atomic E-state index is 0.0213. The monoisotopic (exact) mass is 354 g/mol. The molecule has 3 saturated carbocycles. The topological polar surface area (TPSA) is 26.3 Å². The zero-order chi connectivity index (χ0) is 17.9. The van der Waals surface area contributed by atoms with E-state index in [0.717, 1.165) is 36.0 Å². The zero-order valence-electron chi connectivity index (χ0n) is 16.5. The average Bonchev–Trinajstić information content (AvgIpc) is 2.99. The van der Waals surface area contributed by atoms with Crippen molar-refractivity contribution in [2.24, 2.45) is 46.3 Å². The van der Waals surface area contributed by atoms with Crippen LogP contribution in [0.5, 0.6) is 0 Å². The Morgan fingerprint density at radius 3 is 2.62 bits per heavy atom. The second kappa shape index (κ2) is 5.97. The number of carbonyl (C=O) groups is 1. The highest BCUT2D eigenvalue weighted by Crippen LogP contribution is 2.67. The Balaban J connectivity index is 1.39. The second-order valence-electron chi connectivity index (χ2n) is 10.4. The number of esters is 1. The maximum atomic E-state index is 11.5. The van der Waals surface area contributed by atoms with Crippen molar-refractivity contribution in [3.8, 4) is 0 Å². The van der Waals surface area contributed by atoms with Gasteiger partial charge in [-0.2, -0.15) is 0 Å². The molecule has 2 heteroatoms. The molecule has 0 bridgehead atoms. The molecule has 142 valence electrons. The lowest BCUT2D eigenvalue weighted by atomic mass is 9.46. The molecule has 5 rings (SSSR count). The Kier molecular flexibility index (Phi) is 3.92. The molecule has 0 radical (unpaired) electrons. The van der Waals surface area contributed by atoms with E-state index >= 15 is 0 Å². The maximum absolute atomic E-state index is 11.5. The molecule has 26 heavy (non-hydrogen) atoms. The largest absolute Gasteiger partial charge is 0.465 e. The van der Waals surface area contributed by atoms with Crippen LogP contribution >= 0.6 is 0 Å². The Bertz CT molecular complexity index is 639. The van der Waals surface area contributed by atoms with Gasteiger partial charge >= 0.3 is 5.97 Å². The lowest BCUT2D eigenvalue weighted by molar-refractivity contribution is -0.153. The summed E-state index contributed by atoms with van der Waals surface area (Å²) in [5.74, 6) is 4.82. The summed E-state index contributed by atoms with van der Waals surface area (Å²) in [6.45, 7) is 5.84. The number of fused-ring (bicyclic) bond motifs is 5. The summed E-state index contributed by atoms with van der Waals surface area (Å²) in [6, 6.07) is 0. The van der Waals surface area contributed by atoms with E-state index < -0.39 is 0 Å². The van der Waals surface area contributed by atoms with Crippen molar-refractivity contribution in [1.29, 1.82) is 0 Å². The SMILES string of the molecule is C[C@]12CC[C@H]3[C@@H](CCC4C=CC=C[C@@]43C)[C@H]1CC[C@@H]2[C@H]1CCC(=O)OC1. The van der Waals surface area contributed by atoms with E-state index in [1.54, 1.807) is 0 Å². The van der Waals surface area contributed by atoms with Crippen molar-refractivity contribution in [3.05, 3.63) is 24.3 Å².